The molecule has 5 nitrogen and oxygen atoms in total. The molecule has 1 aromatic carbocycles. The number of hydrogen-bond donors (Lipinski definition) is 1. The van der Waals surface area contributed by atoms with Gasteiger partial charge in [0, 0.05) is 5.56 Å². The third-order valence-corrected chi connectivity index (χ3v) is 2.46. The van der Waals surface area contributed by atoms with Gasteiger partial charge in [-0.1, -0.05) is 17.2 Å². The van der Waals surface area contributed by atoms with Gasteiger partial charge in [0.25, 0.3) is 0 Å². The second-order valence-electron chi connectivity index (χ2n) is 5.33. The maximum atomic E-state index is 9.71. The van der Waals surface area contributed by atoms with Gasteiger partial charge in [-0.05, 0) is 45.0 Å². The second kappa shape index (κ2) is 4.49. The first-order valence-electron chi connectivity index (χ1n) is 5.92. The minimum absolute atomic E-state index is 0.324. The topological polar surface area (TPSA) is 63.8 Å². The summed E-state index contributed by atoms with van der Waals surface area (Å²) in [5, 5.41) is 22.0. The molecule has 0 saturated heterocycles. The largest absolute Gasteiger partial charge is 0.388 e. The van der Waals surface area contributed by atoms with Crippen molar-refractivity contribution in [3.63, 3.8) is 0 Å². The van der Waals surface area contributed by atoms with Crippen molar-refractivity contribution in [2.75, 3.05) is 0 Å². The highest BCUT2D eigenvalue weighted by Crippen LogP contribution is 2.18. The Bertz CT molecular complexity index is 534. The second-order valence-corrected chi connectivity index (χ2v) is 5.33. The Morgan fingerprint density at radius 1 is 1.17 bits per heavy atom. The molecule has 0 spiro atoms. The van der Waals surface area contributed by atoms with Gasteiger partial charge in [-0.2, -0.15) is 4.80 Å². The number of aryl methyl sites for hydroxylation is 2. The van der Waals surface area contributed by atoms with Gasteiger partial charge in [0.1, 0.15) is 0 Å². The smallest absolute Gasteiger partial charge is 0.204 e. The van der Waals surface area contributed by atoms with Crippen LogP contribution in [0.4, 0.5) is 0 Å². The molecule has 1 N–H and O–H groups in total. The molecule has 0 aliphatic carbocycles. The number of aliphatic hydroxyl groups is 1. The Kier molecular flexibility index (Phi) is 3.17. The lowest BCUT2D eigenvalue weighted by atomic mass is 10.1. The van der Waals surface area contributed by atoms with Crippen molar-refractivity contribution in [3.8, 4) is 11.4 Å². The van der Waals surface area contributed by atoms with Crippen molar-refractivity contribution >= 4 is 0 Å². The first-order valence-corrected chi connectivity index (χ1v) is 5.92. The van der Waals surface area contributed by atoms with E-state index in [9.17, 15) is 5.11 Å². The molecule has 1 heterocycles. The molecule has 0 radical (unpaired) electrons. The van der Waals surface area contributed by atoms with Crippen LogP contribution in [0.3, 0.4) is 0 Å². The standard InChI is InChI=1S/C13H18N4O/c1-9-5-10(2)7-11(6-9)12-14-16-17(15-12)8-13(3,4)18/h5-7,18H,8H2,1-4H3. The van der Waals surface area contributed by atoms with Gasteiger partial charge in [0.15, 0.2) is 0 Å². The van der Waals surface area contributed by atoms with Gasteiger partial charge in [-0.15, -0.1) is 10.2 Å². The number of tetrazole rings is 1. The van der Waals surface area contributed by atoms with Gasteiger partial charge in [-0.3, -0.25) is 0 Å². The van der Waals surface area contributed by atoms with Crippen molar-refractivity contribution in [3.05, 3.63) is 29.3 Å². The molecule has 18 heavy (non-hydrogen) atoms. The number of benzene rings is 1. The molecule has 0 saturated carbocycles. The number of aromatic nitrogens is 4. The highest BCUT2D eigenvalue weighted by Gasteiger charge is 2.16. The molecule has 0 bridgehead atoms. The Morgan fingerprint density at radius 2 is 1.78 bits per heavy atom. The van der Waals surface area contributed by atoms with Crippen LogP contribution >= 0.6 is 0 Å². The van der Waals surface area contributed by atoms with Gasteiger partial charge >= 0.3 is 0 Å². The average molecular weight is 246 g/mol. The van der Waals surface area contributed by atoms with Gasteiger partial charge in [-0.25, -0.2) is 0 Å². The van der Waals surface area contributed by atoms with Gasteiger partial charge in [0.2, 0.25) is 5.82 Å². The van der Waals surface area contributed by atoms with Crippen LogP contribution < -0.4 is 0 Å². The zero-order valence-corrected chi connectivity index (χ0v) is 11.2. The monoisotopic (exact) mass is 246 g/mol. The molecular formula is C13H18N4O. The fourth-order valence-electron chi connectivity index (χ4n) is 1.88. The first kappa shape index (κ1) is 12.7. The molecule has 2 rings (SSSR count). The highest BCUT2D eigenvalue weighted by atomic mass is 16.3. The number of hydrogen-bond acceptors (Lipinski definition) is 4. The van der Waals surface area contributed by atoms with Crippen molar-refractivity contribution in [2.24, 2.45) is 0 Å². The summed E-state index contributed by atoms with van der Waals surface area (Å²) < 4.78 is 0. The van der Waals surface area contributed by atoms with Crippen molar-refractivity contribution in [1.29, 1.82) is 0 Å². The molecule has 0 amide bonds. The first-order chi connectivity index (χ1) is 8.33. The van der Waals surface area contributed by atoms with Crippen LogP contribution in [0.25, 0.3) is 11.4 Å². The number of nitrogens with zero attached hydrogens (tertiary/aromatic N) is 4. The SMILES string of the molecule is Cc1cc(C)cc(-c2nnn(CC(C)(C)O)n2)c1. The maximum absolute atomic E-state index is 9.71. The van der Waals surface area contributed by atoms with E-state index in [2.05, 4.69) is 21.5 Å². The van der Waals surface area contributed by atoms with Crippen molar-refractivity contribution in [1.82, 2.24) is 20.2 Å². The molecule has 96 valence electrons. The Balaban J connectivity index is 2.29. The van der Waals surface area contributed by atoms with Gasteiger partial charge in [0.05, 0.1) is 12.1 Å². The lowest BCUT2D eigenvalue weighted by Gasteiger charge is -2.14. The van der Waals surface area contributed by atoms with E-state index in [1.165, 1.54) is 15.9 Å². The predicted molar refractivity (Wildman–Crippen MR) is 69.0 cm³/mol. The molecule has 1 aromatic heterocycles. The summed E-state index contributed by atoms with van der Waals surface area (Å²) >= 11 is 0. The van der Waals surface area contributed by atoms with E-state index in [1.54, 1.807) is 13.8 Å². The van der Waals surface area contributed by atoms with E-state index in [-0.39, 0.29) is 0 Å². The minimum Gasteiger partial charge on any atom is -0.388 e. The van der Waals surface area contributed by atoms with E-state index in [0.717, 1.165) is 5.56 Å². The molecule has 5 heteroatoms. The lowest BCUT2D eigenvalue weighted by Crippen LogP contribution is -2.27. The zero-order chi connectivity index (χ0) is 13.3. The Labute approximate surface area is 106 Å². The van der Waals surface area contributed by atoms with Crippen LogP contribution in [-0.2, 0) is 6.54 Å². The van der Waals surface area contributed by atoms with E-state index in [4.69, 9.17) is 0 Å². The van der Waals surface area contributed by atoms with Gasteiger partial charge < -0.3 is 5.11 Å². The fraction of sp³-hybridized carbons (Fsp3) is 0.462. The van der Waals surface area contributed by atoms with Crippen LogP contribution in [0.15, 0.2) is 18.2 Å². The van der Waals surface area contributed by atoms with E-state index < -0.39 is 5.60 Å². The third-order valence-electron chi connectivity index (χ3n) is 2.46. The highest BCUT2D eigenvalue weighted by molar-refractivity contribution is 5.56. The minimum atomic E-state index is -0.847. The van der Waals surface area contributed by atoms with Crippen LogP contribution in [0.2, 0.25) is 0 Å². The summed E-state index contributed by atoms with van der Waals surface area (Å²) in [5.74, 6) is 0.589. The molecule has 0 aliphatic heterocycles. The lowest BCUT2D eigenvalue weighted by molar-refractivity contribution is 0.0526. The van der Waals surface area contributed by atoms with Crippen LogP contribution in [-0.4, -0.2) is 30.9 Å². The van der Waals surface area contributed by atoms with Crippen LogP contribution in [0.5, 0.6) is 0 Å². The Morgan fingerprint density at radius 3 is 2.33 bits per heavy atom. The van der Waals surface area contributed by atoms with E-state index in [1.807, 2.05) is 26.0 Å². The quantitative estimate of drug-likeness (QED) is 0.895. The predicted octanol–water partition coefficient (Wildman–Crippen LogP) is 1.73. The Hall–Kier alpha value is -1.75. The zero-order valence-electron chi connectivity index (χ0n) is 11.2. The molecular weight excluding hydrogens is 228 g/mol. The average Bonchev–Trinajstić information content (AvgIpc) is 2.61. The van der Waals surface area contributed by atoms with Crippen LogP contribution in [0, 0.1) is 13.8 Å². The molecule has 0 aliphatic rings. The summed E-state index contributed by atoms with van der Waals surface area (Å²) in [6, 6.07) is 6.15. The number of rotatable bonds is 3. The maximum Gasteiger partial charge on any atom is 0.204 e. The molecule has 2 aromatic rings. The normalized spacial score (nSPS) is 11.8. The molecule has 0 unspecified atom stereocenters. The van der Waals surface area contributed by atoms with Crippen LogP contribution in [0.1, 0.15) is 25.0 Å². The molecule has 0 fully saturated rings. The van der Waals surface area contributed by atoms with Crippen molar-refractivity contribution in [2.45, 2.75) is 39.8 Å². The third kappa shape index (κ3) is 3.13. The fourth-order valence-corrected chi connectivity index (χ4v) is 1.88. The summed E-state index contributed by atoms with van der Waals surface area (Å²) in [4.78, 5) is 1.42. The summed E-state index contributed by atoms with van der Waals surface area (Å²) in [6.07, 6.45) is 0. The van der Waals surface area contributed by atoms with E-state index in [0.29, 0.717) is 12.4 Å². The summed E-state index contributed by atoms with van der Waals surface area (Å²) in [6.45, 7) is 7.83. The van der Waals surface area contributed by atoms with E-state index >= 15 is 0 Å². The summed E-state index contributed by atoms with van der Waals surface area (Å²) in [5.41, 5.74) is 2.45. The van der Waals surface area contributed by atoms with Crippen molar-refractivity contribution < 1.29 is 5.11 Å². The molecule has 0 atom stereocenters. The summed E-state index contributed by atoms with van der Waals surface area (Å²) in [7, 11) is 0.